The highest BCUT2D eigenvalue weighted by atomic mass is 19.2. The van der Waals surface area contributed by atoms with Crippen molar-refractivity contribution in [1.82, 2.24) is 15.3 Å². The number of hydrogen-bond acceptors (Lipinski definition) is 4. The van der Waals surface area contributed by atoms with Crippen LogP contribution in [0.2, 0.25) is 0 Å². The summed E-state index contributed by atoms with van der Waals surface area (Å²) in [5.41, 5.74) is 0.329. The molecule has 0 atom stereocenters. The molecule has 1 heterocycles. The summed E-state index contributed by atoms with van der Waals surface area (Å²) in [7, 11) is 0. The Balaban J connectivity index is 1.50. The monoisotopic (exact) mass is 386 g/mol. The largest absolute Gasteiger partial charge is 0.347 e. The van der Waals surface area contributed by atoms with Gasteiger partial charge >= 0.3 is 0 Å². The van der Waals surface area contributed by atoms with E-state index in [-0.39, 0.29) is 30.6 Å². The number of rotatable bonds is 6. The molecule has 144 valence electrons. The van der Waals surface area contributed by atoms with Crippen molar-refractivity contribution in [3.8, 4) is 0 Å². The summed E-state index contributed by atoms with van der Waals surface area (Å²) in [6.45, 7) is -0.334. The third-order valence-electron chi connectivity index (χ3n) is 3.90. The molecule has 0 spiro atoms. The molecule has 3 aromatic rings. The summed E-state index contributed by atoms with van der Waals surface area (Å²) in [4.78, 5) is 42.6. The fraction of sp³-hybridized carbons (Fsp3) is 0.158. The van der Waals surface area contributed by atoms with E-state index in [4.69, 9.17) is 0 Å². The predicted molar refractivity (Wildman–Crippen MR) is 98.7 cm³/mol. The number of aromatic amines is 1. The number of halogens is 2. The van der Waals surface area contributed by atoms with Crippen LogP contribution in [0.25, 0.3) is 10.9 Å². The second-order valence-corrected chi connectivity index (χ2v) is 5.98. The van der Waals surface area contributed by atoms with E-state index in [0.29, 0.717) is 16.7 Å². The molecule has 0 bridgehead atoms. The smallest absolute Gasteiger partial charge is 0.258 e. The number of benzene rings is 2. The first kappa shape index (κ1) is 19.2. The molecule has 0 unspecified atom stereocenters. The predicted octanol–water partition coefficient (Wildman–Crippen LogP) is 1.89. The van der Waals surface area contributed by atoms with Gasteiger partial charge in [-0.1, -0.05) is 12.1 Å². The van der Waals surface area contributed by atoms with Gasteiger partial charge in [-0.25, -0.2) is 13.8 Å². The first-order valence-corrected chi connectivity index (χ1v) is 8.42. The van der Waals surface area contributed by atoms with Crippen LogP contribution < -0.4 is 16.2 Å². The molecule has 0 aliphatic carbocycles. The van der Waals surface area contributed by atoms with Gasteiger partial charge in [-0.2, -0.15) is 0 Å². The van der Waals surface area contributed by atoms with Gasteiger partial charge in [-0.3, -0.25) is 14.4 Å². The maximum absolute atomic E-state index is 13.1. The average molecular weight is 386 g/mol. The van der Waals surface area contributed by atoms with Gasteiger partial charge in [0.25, 0.3) is 5.56 Å². The molecular weight excluding hydrogens is 370 g/mol. The normalized spacial score (nSPS) is 10.6. The third kappa shape index (κ3) is 4.76. The minimum atomic E-state index is -1.08. The third-order valence-corrected chi connectivity index (χ3v) is 3.90. The molecule has 2 amide bonds. The van der Waals surface area contributed by atoms with Crippen LogP contribution in [-0.4, -0.2) is 28.3 Å². The van der Waals surface area contributed by atoms with Gasteiger partial charge in [0.1, 0.15) is 5.82 Å². The summed E-state index contributed by atoms with van der Waals surface area (Å²) in [5, 5.41) is 5.22. The van der Waals surface area contributed by atoms with Crippen molar-refractivity contribution in [3.63, 3.8) is 0 Å². The molecule has 0 saturated heterocycles. The highest BCUT2D eigenvalue weighted by Gasteiger charge is 2.10. The maximum Gasteiger partial charge on any atom is 0.258 e. The molecule has 7 nitrogen and oxygen atoms in total. The van der Waals surface area contributed by atoms with E-state index >= 15 is 0 Å². The van der Waals surface area contributed by atoms with Crippen LogP contribution in [0, 0.1) is 11.6 Å². The van der Waals surface area contributed by atoms with Crippen LogP contribution in [0.15, 0.2) is 47.3 Å². The van der Waals surface area contributed by atoms with Crippen LogP contribution in [0.5, 0.6) is 0 Å². The van der Waals surface area contributed by atoms with Crippen LogP contribution in [0.1, 0.15) is 12.2 Å². The zero-order chi connectivity index (χ0) is 20.1. The summed E-state index contributed by atoms with van der Waals surface area (Å²) >= 11 is 0. The van der Waals surface area contributed by atoms with Crippen molar-refractivity contribution in [1.29, 1.82) is 0 Å². The van der Waals surface area contributed by atoms with Gasteiger partial charge in [0.2, 0.25) is 11.8 Å². The van der Waals surface area contributed by atoms with Crippen molar-refractivity contribution in [2.24, 2.45) is 0 Å². The molecule has 0 radical (unpaired) electrons. The van der Waals surface area contributed by atoms with Gasteiger partial charge in [-0.15, -0.1) is 0 Å². The van der Waals surface area contributed by atoms with E-state index < -0.39 is 23.4 Å². The van der Waals surface area contributed by atoms with Crippen molar-refractivity contribution >= 4 is 28.4 Å². The summed E-state index contributed by atoms with van der Waals surface area (Å²) < 4.78 is 26.0. The number of H-pyrrole nitrogens is 1. The number of hydrogen-bond donors (Lipinski definition) is 3. The van der Waals surface area contributed by atoms with Gasteiger partial charge in [-0.05, 0) is 24.3 Å². The second kappa shape index (κ2) is 8.38. The molecule has 3 rings (SSSR count). The molecule has 9 heteroatoms. The molecule has 28 heavy (non-hydrogen) atoms. The minimum absolute atomic E-state index is 0.0136. The molecule has 0 saturated carbocycles. The Kier molecular flexibility index (Phi) is 5.73. The lowest BCUT2D eigenvalue weighted by Crippen LogP contribution is -2.33. The maximum atomic E-state index is 13.1. The number of aryl methyl sites for hydroxylation is 1. The highest BCUT2D eigenvalue weighted by molar-refractivity contribution is 5.94. The van der Waals surface area contributed by atoms with Crippen LogP contribution in [0.4, 0.5) is 14.5 Å². The summed E-state index contributed by atoms with van der Waals surface area (Å²) in [6, 6.07) is 9.80. The summed E-state index contributed by atoms with van der Waals surface area (Å²) in [5.74, 6) is -2.75. The topological polar surface area (TPSA) is 104 Å². The lowest BCUT2D eigenvalue weighted by Gasteiger charge is -2.07. The van der Waals surface area contributed by atoms with Crippen LogP contribution in [0.3, 0.4) is 0 Å². The second-order valence-electron chi connectivity index (χ2n) is 5.98. The van der Waals surface area contributed by atoms with E-state index in [9.17, 15) is 23.2 Å². The van der Waals surface area contributed by atoms with E-state index in [1.165, 1.54) is 6.07 Å². The molecule has 0 aliphatic rings. The fourth-order valence-corrected chi connectivity index (χ4v) is 2.53. The van der Waals surface area contributed by atoms with Crippen molar-refractivity contribution in [2.75, 3.05) is 11.9 Å². The standard InChI is InChI=1S/C19H16F2N4O3/c20-13-6-5-11(9-14(13)21)23-18(27)10-22-17(26)8-7-16-24-15-4-2-1-3-12(15)19(28)25-16/h1-6,9H,7-8,10H2,(H,22,26)(H,23,27)(H,24,25,28). The molecule has 2 aromatic carbocycles. The number of nitrogens with zero attached hydrogens (tertiary/aromatic N) is 1. The van der Waals surface area contributed by atoms with Gasteiger partial charge in [0.05, 0.1) is 17.4 Å². The number of aromatic nitrogens is 2. The zero-order valence-corrected chi connectivity index (χ0v) is 14.6. The Labute approximate surface area is 157 Å². The van der Waals surface area contributed by atoms with E-state index in [1.807, 2.05) is 0 Å². The number of carbonyl (C=O) groups excluding carboxylic acids is 2. The fourth-order valence-electron chi connectivity index (χ4n) is 2.53. The van der Waals surface area contributed by atoms with E-state index in [0.717, 1.165) is 12.1 Å². The van der Waals surface area contributed by atoms with Crippen molar-refractivity contribution < 1.29 is 18.4 Å². The first-order chi connectivity index (χ1) is 13.4. The number of carbonyl (C=O) groups is 2. The van der Waals surface area contributed by atoms with Gasteiger partial charge in [0, 0.05) is 24.6 Å². The van der Waals surface area contributed by atoms with Gasteiger partial charge in [0.15, 0.2) is 11.6 Å². The Hall–Kier alpha value is -3.62. The SMILES string of the molecule is O=C(CCc1nc2ccccc2c(=O)[nH]1)NCC(=O)Nc1ccc(F)c(F)c1. The lowest BCUT2D eigenvalue weighted by molar-refractivity contribution is -0.124. The highest BCUT2D eigenvalue weighted by Crippen LogP contribution is 2.12. The molecule has 0 fully saturated rings. The Morgan fingerprint density at radius 1 is 1.04 bits per heavy atom. The Morgan fingerprint density at radius 3 is 2.61 bits per heavy atom. The average Bonchev–Trinajstić information content (AvgIpc) is 2.68. The van der Waals surface area contributed by atoms with Crippen LogP contribution in [-0.2, 0) is 16.0 Å². The number of fused-ring (bicyclic) bond motifs is 1. The number of para-hydroxylation sites is 1. The Morgan fingerprint density at radius 2 is 1.82 bits per heavy atom. The molecule has 3 N–H and O–H groups in total. The quantitative estimate of drug-likeness (QED) is 0.602. The van der Waals surface area contributed by atoms with E-state index in [1.54, 1.807) is 24.3 Å². The van der Waals surface area contributed by atoms with Crippen molar-refractivity contribution in [3.05, 3.63) is 70.3 Å². The Bertz CT molecular complexity index is 1100. The van der Waals surface area contributed by atoms with E-state index in [2.05, 4.69) is 20.6 Å². The van der Waals surface area contributed by atoms with Crippen LogP contribution >= 0.6 is 0 Å². The number of amides is 2. The van der Waals surface area contributed by atoms with Crippen molar-refractivity contribution in [2.45, 2.75) is 12.8 Å². The molecule has 1 aromatic heterocycles. The number of anilines is 1. The zero-order valence-electron chi connectivity index (χ0n) is 14.6. The first-order valence-electron chi connectivity index (χ1n) is 8.42. The lowest BCUT2D eigenvalue weighted by atomic mass is 10.2. The molecule has 0 aliphatic heterocycles. The minimum Gasteiger partial charge on any atom is -0.347 e. The molecular formula is C19H16F2N4O3. The summed E-state index contributed by atoms with van der Waals surface area (Å²) in [6.07, 6.45) is 0.205. The number of nitrogens with one attached hydrogen (secondary N) is 3. The van der Waals surface area contributed by atoms with Gasteiger partial charge < -0.3 is 15.6 Å².